The highest BCUT2D eigenvalue weighted by molar-refractivity contribution is 5.93. The Hall–Kier alpha value is -2.23. The molecule has 2 rings (SSSR count). The topological polar surface area (TPSA) is 68.3 Å². The SMILES string of the molecule is CC(CCc1ccco1)Nc1cccc(C(N)=O)c1. The van der Waals surface area contributed by atoms with Crippen LogP contribution in [0.2, 0.25) is 0 Å². The van der Waals surface area contributed by atoms with Crippen LogP contribution in [0.1, 0.15) is 29.5 Å². The lowest BCUT2D eigenvalue weighted by Crippen LogP contribution is -2.17. The summed E-state index contributed by atoms with van der Waals surface area (Å²) >= 11 is 0. The van der Waals surface area contributed by atoms with Crippen molar-refractivity contribution in [2.75, 3.05) is 5.32 Å². The number of nitrogens with one attached hydrogen (secondary N) is 1. The second kappa shape index (κ2) is 6.09. The minimum absolute atomic E-state index is 0.285. The number of hydrogen-bond donors (Lipinski definition) is 2. The Kier molecular flexibility index (Phi) is 4.23. The third-order valence-electron chi connectivity index (χ3n) is 2.96. The van der Waals surface area contributed by atoms with Crippen LogP contribution in [-0.4, -0.2) is 11.9 Å². The van der Waals surface area contributed by atoms with Crippen LogP contribution in [0.4, 0.5) is 5.69 Å². The molecule has 0 fully saturated rings. The molecule has 4 nitrogen and oxygen atoms in total. The van der Waals surface area contributed by atoms with E-state index in [1.807, 2.05) is 24.3 Å². The molecule has 1 heterocycles. The van der Waals surface area contributed by atoms with Crippen molar-refractivity contribution in [3.8, 4) is 0 Å². The highest BCUT2D eigenvalue weighted by Gasteiger charge is 2.06. The third kappa shape index (κ3) is 3.88. The van der Waals surface area contributed by atoms with Gasteiger partial charge in [0.05, 0.1) is 6.26 Å². The molecule has 1 aromatic heterocycles. The molecule has 1 atom stereocenters. The third-order valence-corrected chi connectivity index (χ3v) is 2.96. The normalized spacial score (nSPS) is 12.1. The Morgan fingerprint density at radius 2 is 2.21 bits per heavy atom. The lowest BCUT2D eigenvalue weighted by atomic mass is 10.1. The van der Waals surface area contributed by atoms with Crippen molar-refractivity contribution in [3.63, 3.8) is 0 Å². The molecule has 0 aliphatic rings. The molecule has 100 valence electrons. The molecule has 0 spiro atoms. The van der Waals surface area contributed by atoms with Crippen LogP contribution in [-0.2, 0) is 6.42 Å². The van der Waals surface area contributed by atoms with E-state index in [9.17, 15) is 4.79 Å². The lowest BCUT2D eigenvalue weighted by Gasteiger charge is -2.15. The van der Waals surface area contributed by atoms with Gasteiger partial charge in [-0.15, -0.1) is 0 Å². The van der Waals surface area contributed by atoms with Gasteiger partial charge in [0.2, 0.25) is 5.91 Å². The van der Waals surface area contributed by atoms with Crippen LogP contribution in [0.3, 0.4) is 0 Å². The summed E-state index contributed by atoms with van der Waals surface area (Å²) in [6.45, 7) is 2.10. The molecule has 0 saturated heterocycles. The van der Waals surface area contributed by atoms with Crippen molar-refractivity contribution in [2.45, 2.75) is 25.8 Å². The van der Waals surface area contributed by atoms with Gasteiger partial charge < -0.3 is 15.5 Å². The molecule has 3 N–H and O–H groups in total. The molecule has 0 radical (unpaired) electrons. The van der Waals surface area contributed by atoms with Crippen LogP contribution in [0.5, 0.6) is 0 Å². The van der Waals surface area contributed by atoms with Crippen molar-refractivity contribution in [3.05, 3.63) is 54.0 Å². The number of primary amides is 1. The predicted molar refractivity (Wildman–Crippen MR) is 75.1 cm³/mol. The number of rotatable bonds is 6. The van der Waals surface area contributed by atoms with E-state index in [-0.39, 0.29) is 6.04 Å². The number of carbonyl (C=O) groups excluding carboxylic acids is 1. The van der Waals surface area contributed by atoms with Gasteiger partial charge in [-0.25, -0.2) is 0 Å². The van der Waals surface area contributed by atoms with Crippen LogP contribution in [0.25, 0.3) is 0 Å². The van der Waals surface area contributed by atoms with Gasteiger partial charge in [-0.3, -0.25) is 4.79 Å². The van der Waals surface area contributed by atoms with Crippen LogP contribution >= 0.6 is 0 Å². The molecule has 0 bridgehead atoms. The first-order valence-electron chi connectivity index (χ1n) is 6.34. The number of hydrogen-bond acceptors (Lipinski definition) is 3. The van der Waals surface area contributed by atoms with E-state index in [4.69, 9.17) is 10.2 Å². The van der Waals surface area contributed by atoms with E-state index < -0.39 is 5.91 Å². The summed E-state index contributed by atoms with van der Waals surface area (Å²) in [4.78, 5) is 11.1. The van der Waals surface area contributed by atoms with E-state index in [1.54, 1.807) is 18.4 Å². The second-order valence-electron chi connectivity index (χ2n) is 4.61. The van der Waals surface area contributed by atoms with Gasteiger partial charge in [-0.2, -0.15) is 0 Å². The van der Waals surface area contributed by atoms with E-state index >= 15 is 0 Å². The fourth-order valence-electron chi connectivity index (χ4n) is 1.93. The minimum Gasteiger partial charge on any atom is -0.469 e. The molecule has 2 aromatic rings. The summed E-state index contributed by atoms with van der Waals surface area (Å²) in [7, 11) is 0. The molecular formula is C15H18N2O2. The number of amides is 1. The zero-order valence-corrected chi connectivity index (χ0v) is 10.9. The predicted octanol–water partition coefficient (Wildman–Crippen LogP) is 2.81. The van der Waals surface area contributed by atoms with Gasteiger partial charge in [0.25, 0.3) is 0 Å². The van der Waals surface area contributed by atoms with Gasteiger partial charge in [0.15, 0.2) is 0 Å². The summed E-state index contributed by atoms with van der Waals surface area (Å²) in [6, 6.07) is 11.4. The van der Waals surface area contributed by atoms with Crippen molar-refractivity contribution < 1.29 is 9.21 Å². The second-order valence-corrected chi connectivity index (χ2v) is 4.61. The van der Waals surface area contributed by atoms with Crippen molar-refractivity contribution in [1.29, 1.82) is 0 Å². The fourth-order valence-corrected chi connectivity index (χ4v) is 1.93. The number of nitrogens with two attached hydrogens (primary N) is 1. The average Bonchev–Trinajstić information content (AvgIpc) is 2.90. The summed E-state index contributed by atoms with van der Waals surface area (Å²) in [5.74, 6) is 0.575. The summed E-state index contributed by atoms with van der Waals surface area (Å²) in [5.41, 5.74) is 6.68. The fraction of sp³-hybridized carbons (Fsp3) is 0.267. The number of aryl methyl sites for hydroxylation is 1. The molecule has 0 saturated carbocycles. The summed E-state index contributed by atoms with van der Waals surface area (Å²) < 4.78 is 5.30. The zero-order valence-electron chi connectivity index (χ0n) is 10.9. The molecule has 1 amide bonds. The minimum atomic E-state index is -0.410. The Bertz CT molecular complexity index is 535. The molecule has 1 aromatic carbocycles. The first-order valence-corrected chi connectivity index (χ1v) is 6.34. The maximum Gasteiger partial charge on any atom is 0.248 e. The molecule has 19 heavy (non-hydrogen) atoms. The van der Waals surface area contributed by atoms with Gasteiger partial charge in [0, 0.05) is 23.7 Å². The van der Waals surface area contributed by atoms with Crippen LogP contribution < -0.4 is 11.1 Å². The smallest absolute Gasteiger partial charge is 0.248 e. The van der Waals surface area contributed by atoms with Crippen LogP contribution in [0, 0.1) is 0 Å². The van der Waals surface area contributed by atoms with Crippen molar-refractivity contribution in [2.24, 2.45) is 5.73 Å². The van der Waals surface area contributed by atoms with E-state index in [2.05, 4.69) is 12.2 Å². The number of benzene rings is 1. The first-order chi connectivity index (χ1) is 9.15. The van der Waals surface area contributed by atoms with Gasteiger partial charge in [-0.05, 0) is 43.7 Å². The Morgan fingerprint density at radius 3 is 2.89 bits per heavy atom. The monoisotopic (exact) mass is 258 g/mol. The average molecular weight is 258 g/mol. The molecule has 1 unspecified atom stereocenters. The molecule has 4 heteroatoms. The summed E-state index contributed by atoms with van der Waals surface area (Å²) in [6.07, 6.45) is 3.52. The van der Waals surface area contributed by atoms with Crippen molar-refractivity contribution in [1.82, 2.24) is 0 Å². The van der Waals surface area contributed by atoms with Crippen LogP contribution in [0.15, 0.2) is 47.1 Å². The highest BCUT2D eigenvalue weighted by Crippen LogP contribution is 2.14. The number of carbonyl (C=O) groups is 1. The largest absolute Gasteiger partial charge is 0.469 e. The number of furan rings is 1. The van der Waals surface area contributed by atoms with E-state index in [0.29, 0.717) is 5.56 Å². The van der Waals surface area contributed by atoms with E-state index in [0.717, 1.165) is 24.3 Å². The van der Waals surface area contributed by atoms with Gasteiger partial charge in [-0.1, -0.05) is 6.07 Å². The maximum atomic E-state index is 11.1. The van der Waals surface area contributed by atoms with Gasteiger partial charge in [0.1, 0.15) is 5.76 Å². The number of anilines is 1. The maximum absolute atomic E-state index is 11.1. The quantitative estimate of drug-likeness (QED) is 0.837. The highest BCUT2D eigenvalue weighted by atomic mass is 16.3. The molecular weight excluding hydrogens is 240 g/mol. The molecule has 0 aliphatic carbocycles. The Labute approximate surface area is 112 Å². The van der Waals surface area contributed by atoms with Gasteiger partial charge >= 0.3 is 0 Å². The summed E-state index contributed by atoms with van der Waals surface area (Å²) in [5, 5.41) is 3.35. The zero-order chi connectivity index (χ0) is 13.7. The van der Waals surface area contributed by atoms with E-state index in [1.165, 1.54) is 0 Å². The standard InChI is InChI=1S/C15H18N2O2/c1-11(7-8-14-6-3-9-19-14)17-13-5-2-4-12(10-13)15(16)18/h2-6,9-11,17H,7-8H2,1H3,(H2,16,18). The lowest BCUT2D eigenvalue weighted by molar-refractivity contribution is 0.100. The van der Waals surface area contributed by atoms with Crippen molar-refractivity contribution >= 4 is 11.6 Å². The Morgan fingerprint density at radius 1 is 1.37 bits per heavy atom. The molecule has 0 aliphatic heterocycles. The Balaban J connectivity index is 1.89. The first kappa shape index (κ1) is 13.2.